The van der Waals surface area contributed by atoms with Crippen molar-refractivity contribution >= 4 is 3.21 Å². The van der Waals surface area contributed by atoms with Crippen LogP contribution in [-0.4, -0.2) is 3.21 Å². The van der Waals surface area contributed by atoms with E-state index in [4.69, 9.17) is 0 Å². The number of benzene rings is 4. The van der Waals surface area contributed by atoms with Crippen LogP contribution in [0, 0.1) is 0 Å². The molecule has 2 aliphatic rings. The third kappa shape index (κ3) is 4.82. The number of halogens is 2. The van der Waals surface area contributed by atoms with E-state index in [-0.39, 0.29) is 24.8 Å². The van der Waals surface area contributed by atoms with Gasteiger partial charge >= 0.3 is 211 Å². The first-order chi connectivity index (χ1) is 16.8. The molecule has 0 fully saturated rings. The monoisotopic (exact) mass is 584 g/mol. The van der Waals surface area contributed by atoms with E-state index in [0.29, 0.717) is 3.63 Å². The van der Waals surface area contributed by atoms with Gasteiger partial charge in [-0.1, -0.05) is 0 Å². The van der Waals surface area contributed by atoms with E-state index in [1.807, 2.05) is 0 Å². The number of hydrogen-bond donors (Lipinski definition) is 0. The molecule has 0 bridgehead atoms. The Hall–Kier alpha value is -2.31. The first kappa shape index (κ1) is 26.7. The zero-order chi connectivity index (χ0) is 22.9. The molecule has 0 unspecified atom stereocenters. The second-order valence-corrected chi connectivity index (χ2v) is 15.4. The van der Waals surface area contributed by atoms with Crippen LogP contribution in [0.2, 0.25) is 0 Å². The SMILES string of the molecule is CCc1ccc(/[C](c2ccccc2)=[Zr+2](/[C]2=CC=CC2)[CH]2c3ccccc3-c3ccccc32)cc1.[Cl-].[Cl-]. The molecule has 0 atom stereocenters. The molecule has 0 spiro atoms. The summed E-state index contributed by atoms with van der Waals surface area (Å²) in [5.74, 6) is 0. The van der Waals surface area contributed by atoms with Gasteiger partial charge in [-0.05, 0) is 0 Å². The minimum atomic E-state index is -2.50. The number of allylic oxidation sites excluding steroid dienone is 4. The molecule has 0 amide bonds. The Labute approximate surface area is 234 Å². The zero-order valence-electron chi connectivity index (χ0n) is 20.3. The molecule has 0 aromatic heterocycles. The summed E-state index contributed by atoms with van der Waals surface area (Å²) in [5.41, 5.74) is 10.1. The minimum absolute atomic E-state index is 0. The van der Waals surface area contributed by atoms with Gasteiger partial charge in [0.15, 0.2) is 0 Å². The van der Waals surface area contributed by atoms with E-state index in [1.165, 1.54) is 38.9 Å². The van der Waals surface area contributed by atoms with Gasteiger partial charge in [0.05, 0.1) is 0 Å². The van der Waals surface area contributed by atoms with Crippen LogP contribution >= 0.6 is 0 Å². The molecule has 4 aromatic carbocycles. The van der Waals surface area contributed by atoms with Crippen LogP contribution in [-0.2, 0) is 27.7 Å². The number of hydrogen-bond acceptors (Lipinski definition) is 0. The second-order valence-electron chi connectivity index (χ2n) is 9.14. The van der Waals surface area contributed by atoms with E-state index >= 15 is 0 Å². The van der Waals surface area contributed by atoms with Crippen molar-refractivity contribution in [2.75, 3.05) is 0 Å². The Balaban J connectivity index is 0.00000152. The second kappa shape index (κ2) is 11.8. The van der Waals surface area contributed by atoms with Crippen molar-refractivity contribution in [2.24, 2.45) is 0 Å². The van der Waals surface area contributed by atoms with Crippen molar-refractivity contribution in [2.45, 2.75) is 23.4 Å². The van der Waals surface area contributed by atoms with E-state index < -0.39 is 21.3 Å². The van der Waals surface area contributed by atoms with Gasteiger partial charge in [-0.3, -0.25) is 0 Å². The summed E-state index contributed by atoms with van der Waals surface area (Å²) in [5, 5.41) is 0. The molecule has 0 nitrogen and oxygen atoms in total. The minimum Gasteiger partial charge on any atom is -1.00 e. The number of rotatable bonds is 5. The van der Waals surface area contributed by atoms with Crippen molar-refractivity contribution < 1.29 is 46.1 Å². The topological polar surface area (TPSA) is 0 Å². The van der Waals surface area contributed by atoms with Crippen LogP contribution in [0.25, 0.3) is 11.1 Å². The van der Waals surface area contributed by atoms with Gasteiger partial charge in [0.2, 0.25) is 0 Å². The molecule has 3 heteroatoms. The predicted octanol–water partition coefficient (Wildman–Crippen LogP) is 2.06. The third-order valence-corrected chi connectivity index (χ3v) is 15.5. The standard InChI is InChI=1S/C15H14.C13H9.C5H5.2ClH.Zr/c1-2-13-8-10-15(11-9-13)12-14-6-4-3-5-7-14;1-3-7-12-10(5-1)9-11-6-2-4-8-13(11)12;1-2-4-5-3-1;;;/h3-11H,2H2,1H3;1-9H;1-3H,4H2;2*1H;/q;;;;;+2/p-2. The third-order valence-electron chi connectivity index (χ3n) is 7.22. The van der Waals surface area contributed by atoms with E-state index in [2.05, 4.69) is 128 Å². The van der Waals surface area contributed by atoms with E-state index in [1.54, 1.807) is 6.49 Å². The van der Waals surface area contributed by atoms with Crippen molar-refractivity contribution in [1.82, 2.24) is 0 Å². The van der Waals surface area contributed by atoms with Crippen LogP contribution in [0.4, 0.5) is 0 Å². The summed E-state index contributed by atoms with van der Waals surface area (Å²) in [6.07, 6.45) is 9.25. The van der Waals surface area contributed by atoms with E-state index in [9.17, 15) is 0 Å². The van der Waals surface area contributed by atoms with E-state index in [0.717, 1.165) is 12.8 Å². The molecule has 0 aliphatic heterocycles. The summed E-state index contributed by atoms with van der Waals surface area (Å²) >= 11 is -2.50. The Morgan fingerprint density at radius 1 is 0.694 bits per heavy atom. The van der Waals surface area contributed by atoms with Gasteiger partial charge in [0.1, 0.15) is 0 Å². The fourth-order valence-corrected chi connectivity index (χ4v) is 14.6. The normalized spacial score (nSPS) is 13.7. The van der Waals surface area contributed by atoms with Crippen molar-refractivity contribution in [3.63, 3.8) is 0 Å². The first-order valence-corrected chi connectivity index (χ1v) is 16.2. The van der Waals surface area contributed by atoms with Crippen molar-refractivity contribution in [3.8, 4) is 11.1 Å². The van der Waals surface area contributed by atoms with Gasteiger partial charge in [-0.15, -0.1) is 0 Å². The van der Waals surface area contributed by atoms with Crippen LogP contribution in [0.5, 0.6) is 0 Å². The van der Waals surface area contributed by atoms with Gasteiger partial charge in [0, 0.05) is 0 Å². The summed E-state index contributed by atoms with van der Waals surface area (Å²) < 4.78 is 3.80. The maximum Gasteiger partial charge on any atom is -1.00 e. The summed E-state index contributed by atoms with van der Waals surface area (Å²) in [4.78, 5) is 0. The molecular formula is C33H28Cl2Zr. The fourth-order valence-electron chi connectivity index (χ4n) is 5.59. The van der Waals surface area contributed by atoms with Gasteiger partial charge in [0.25, 0.3) is 0 Å². The first-order valence-electron chi connectivity index (χ1n) is 12.3. The molecular weight excluding hydrogens is 558 g/mol. The van der Waals surface area contributed by atoms with Crippen LogP contribution in [0.15, 0.2) is 125 Å². The Morgan fingerprint density at radius 3 is 1.81 bits per heavy atom. The molecule has 0 radical (unpaired) electrons. The molecule has 0 N–H and O–H groups in total. The Bertz CT molecular complexity index is 1400. The molecule has 4 aromatic rings. The van der Waals surface area contributed by atoms with Crippen LogP contribution < -0.4 is 24.8 Å². The Morgan fingerprint density at radius 2 is 1.25 bits per heavy atom. The molecule has 36 heavy (non-hydrogen) atoms. The molecule has 2 aliphatic carbocycles. The van der Waals surface area contributed by atoms with Gasteiger partial charge in [-0.2, -0.15) is 0 Å². The average molecular weight is 587 g/mol. The van der Waals surface area contributed by atoms with Crippen molar-refractivity contribution in [3.05, 3.63) is 152 Å². The average Bonchev–Trinajstić information content (AvgIpc) is 3.55. The number of fused-ring (bicyclic) bond motifs is 3. The largest absolute Gasteiger partial charge is 1.00 e. The summed E-state index contributed by atoms with van der Waals surface area (Å²) in [7, 11) is 0. The predicted molar refractivity (Wildman–Crippen MR) is 141 cm³/mol. The van der Waals surface area contributed by atoms with Gasteiger partial charge in [-0.25, -0.2) is 0 Å². The molecule has 0 heterocycles. The number of aryl methyl sites for hydroxylation is 1. The maximum atomic E-state index is 2.45. The molecule has 6 rings (SSSR count). The summed E-state index contributed by atoms with van der Waals surface area (Å²) in [6.45, 7) is 2.24. The summed E-state index contributed by atoms with van der Waals surface area (Å²) in [6, 6.07) is 39.0. The van der Waals surface area contributed by atoms with Crippen molar-refractivity contribution in [1.29, 1.82) is 0 Å². The maximum absolute atomic E-state index is 2.50. The molecule has 178 valence electrons. The molecule has 0 saturated heterocycles. The molecule has 0 saturated carbocycles. The fraction of sp³-hybridized carbons (Fsp3) is 0.121. The smallest absolute Gasteiger partial charge is 1.00 e. The quantitative estimate of drug-likeness (QED) is 0.336. The Kier molecular flexibility index (Phi) is 8.79. The zero-order valence-corrected chi connectivity index (χ0v) is 24.3. The van der Waals surface area contributed by atoms with Crippen LogP contribution in [0.3, 0.4) is 0 Å². The van der Waals surface area contributed by atoms with Crippen LogP contribution in [0.1, 0.15) is 44.8 Å². The van der Waals surface area contributed by atoms with Gasteiger partial charge < -0.3 is 24.8 Å².